The molecule has 0 heterocycles. The Morgan fingerprint density at radius 3 is 2.33 bits per heavy atom. The van der Waals surface area contributed by atoms with Gasteiger partial charge in [-0.1, -0.05) is 55.7 Å². The maximum absolute atomic E-state index is 14.3. The van der Waals surface area contributed by atoms with Gasteiger partial charge in [-0.25, -0.2) is 8.42 Å². The normalized spacial score (nSPS) is 14.4. The van der Waals surface area contributed by atoms with Crippen molar-refractivity contribution in [1.29, 1.82) is 0 Å². The van der Waals surface area contributed by atoms with Gasteiger partial charge in [0.05, 0.1) is 24.8 Å². The van der Waals surface area contributed by atoms with Crippen LogP contribution < -0.4 is 19.1 Å². The van der Waals surface area contributed by atoms with Gasteiger partial charge in [0.2, 0.25) is 11.8 Å². The minimum absolute atomic E-state index is 0.0359. The summed E-state index contributed by atoms with van der Waals surface area (Å²) in [6, 6.07) is 19.6. The minimum Gasteiger partial charge on any atom is -0.497 e. The molecule has 0 unspecified atom stereocenters. The van der Waals surface area contributed by atoms with E-state index in [1.807, 2.05) is 25.1 Å². The zero-order valence-electron chi connectivity index (χ0n) is 25.3. The summed E-state index contributed by atoms with van der Waals surface area (Å²) >= 11 is 0. The molecule has 2 amide bonds. The molecule has 10 heteroatoms. The Hall–Kier alpha value is -4.05. The lowest BCUT2D eigenvalue weighted by Crippen LogP contribution is -2.53. The predicted octanol–water partition coefficient (Wildman–Crippen LogP) is 5.07. The smallest absolute Gasteiger partial charge is 0.264 e. The maximum atomic E-state index is 14.3. The third-order valence-corrected chi connectivity index (χ3v) is 9.59. The summed E-state index contributed by atoms with van der Waals surface area (Å²) in [7, 11) is -1.19. The molecule has 0 aliphatic heterocycles. The first-order valence-electron chi connectivity index (χ1n) is 14.6. The van der Waals surface area contributed by atoms with Crippen molar-refractivity contribution in [1.82, 2.24) is 10.2 Å². The Morgan fingerprint density at radius 2 is 1.65 bits per heavy atom. The molecule has 1 aliphatic carbocycles. The van der Waals surface area contributed by atoms with E-state index >= 15 is 0 Å². The standard InChI is InChI=1S/C33H41N3O6S/c1-24-18-19-31(42-4)30(20-24)36(43(39,40)29-16-9-6-10-17-29)23-32(37)35(22-26-12-11-15-28(21-26)41-3)25(2)33(38)34-27-13-7-5-8-14-27/h6,9-12,15-21,25,27H,5,7-8,13-14,22-23H2,1-4H3,(H,34,38)/t25-/m0/s1. The third kappa shape index (κ3) is 7.87. The fraction of sp³-hybridized carbons (Fsp3) is 0.394. The average molecular weight is 608 g/mol. The molecular formula is C33H41N3O6S. The van der Waals surface area contributed by atoms with Gasteiger partial charge in [-0.2, -0.15) is 0 Å². The summed E-state index contributed by atoms with van der Waals surface area (Å²) in [5, 5.41) is 3.12. The quantitative estimate of drug-likeness (QED) is 0.308. The van der Waals surface area contributed by atoms with E-state index in [-0.39, 0.29) is 29.1 Å². The summed E-state index contributed by atoms with van der Waals surface area (Å²) in [4.78, 5) is 29.2. The van der Waals surface area contributed by atoms with Gasteiger partial charge in [-0.3, -0.25) is 13.9 Å². The molecule has 43 heavy (non-hydrogen) atoms. The molecule has 0 spiro atoms. The van der Waals surface area contributed by atoms with E-state index < -0.39 is 28.5 Å². The van der Waals surface area contributed by atoms with Crippen LogP contribution >= 0.6 is 0 Å². The van der Waals surface area contributed by atoms with Crippen LogP contribution in [0.15, 0.2) is 77.7 Å². The Labute approximate surface area is 254 Å². The molecule has 1 atom stereocenters. The molecule has 4 rings (SSSR count). The molecule has 1 fully saturated rings. The van der Waals surface area contributed by atoms with Crippen molar-refractivity contribution in [2.45, 2.75) is 69.5 Å². The van der Waals surface area contributed by atoms with Crippen molar-refractivity contribution in [3.8, 4) is 11.5 Å². The lowest BCUT2D eigenvalue weighted by atomic mass is 9.95. The number of benzene rings is 3. The highest BCUT2D eigenvalue weighted by atomic mass is 32.2. The first-order valence-corrected chi connectivity index (χ1v) is 16.0. The summed E-state index contributed by atoms with van der Waals surface area (Å²) < 4.78 is 40.1. The zero-order chi connectivity index (χ0) is 31.0. The number of amides is 2. The van der Waals surface area contributed by atoms with Gasteiger partial charge in [0.25, 0.3) is 10.0 Å². The van der Waals surface area contributed by atoms with Crippen LogP contribution in [0.3, 0.4) is 0 Å². The lowest BCUT2D eigenvalue weighted by molar-refractivity contribution is -0.139. The summed E-state index contributed by atoms with van der Waals surface area (Å²) in [5.74, 6) is 0.119. The Bertz CT molecular complexity index is 1510. The number of methoxy groups -OCH3 is 2. The molecule has 3 aromatic carbocycles. The molecule has 9 nitrogen and oxygen atoms in total. The number of rotatable bonds is 12. The number of nitrogens with zero attached hydrogens (tertiary/aromatic N) is 2. The number of ether oxygens (including phenoxy) is 2. The number of sulfonamides is 1. The Kier molecular flexibility index (Phi) is 10.7. The topological polar surface area (TPSA) is 105 Å². The molecule has 0 aromatic heterocycles. The van der Waals surface area contributed by atoms with E-state index in [1.165, 1.54) is 24.1 Å². The Morgan fingerprint density at radius 1 is 0.930 bits per heavy atom. The third-order valence-electron chi connectivity index (χ3n) is 7.82. The summed E-state index contributed by atoms with van der Waals surface area (Å²) in [5.41, 5.74) is 1.78. The average Bonchev–Trinajstić information content (AvgIpc) is 3.03. The molecular weight excluding hydrogens is 566 g/mol. The van der Waals surface area contributed by atoms with Gasteiger partial charge in [0.1, 0.15) is 24.1 Å². The predicted molar refractivity (Wildman–Crippen MR) is 167 cm³/mol. The van der Waals surface area contributed by atoms with Crippen LogP contribution in [0.4, 0.5) is 5.69 Å². The minimum atomic E-state index is -4.20. The van der Waals surface area contributed by atoms with Crippen molar-refractivity contribution >= 4 is 27.5 Å². The van der Waals surface area contributed by atoms with E-state index in [2.05, 4.69) is 5.32 Å². The van der Waals surface area contributed by atoms with Gasteiger partial charge in [-0.05, 0) is 74.2 Å². The summed E-state index contributed by atoms with van der Waals surface area (Å²) in [6.07, 6.45) is 5.06. The van der Waals surface area contributed by atoms with Crippen LogP contribution in [0, 0.1) is 6.92 Å². The van der Waals surface area contributed by atoms with Crippen LogP contribution in [-0.4, -0.2) is 58.0 Å². The van der Waals surface area contributed by atoms with Gasteiger partial charge >= 0.3 is 0 Å². The van der Waals surface area contributed by atoms with Crippen LogP contribution in [-0.2, 0) is 26.2 Å². The van der Waals surface area contributed by atoms with E-state index in [1.54, 1.807) is 56.5 Å². The van der Waals surface area contributed by atoms with Gasteiger partial charge in [0, 0.05) is 12.6 Å². The van der Waals surface area contributed by atoms with Crippen molar-refractivity contribution in [3.63, 3.8) is 0 Å². The second-order valence-electron chi connectivity index (χ2n) is 10.9. The number of hydrogen-bond acceptors (Lipinski definition) is 6. The highest BCUT2D eigenvalue weighted by molar-refractivity contribution is 7.92. The second-order valence-corrected chi connectivity index (χ2v) is 12.8. The molecule has 230 valence electrons. The first kappa shape index (κ1) is 31.9. The molecule has 0 radical (unpaired) electrons. The maximum Gasteiger partial charge on any atom is 0.264 e. The second kappa shape index (κ2) is 14.4. The molecule has 1 saturated carbocycles. The van der Waals surface area contributed by atoms with Gasteiger partial charge in [0.15, 0.2) is 0 Å². The fourth-order valence-corrected chi connectivity index (χ4v) is 6.78. The lowest BCUT2D eigenvalue weighted by Gasteiger charge is -2.33. The molecule has 3 aromatic rings. The van der Waals surface area contributed by atoms with Gasteiger partial charge < -0.3 is 19.7 Å². The van der Waals surface area contributed by atoms with Crippen molar-refractivity contribution < 1.29 is 27.5 Å². The highest BCUT2D eigenvalue weighted by Crippen LogP contribution is 2.34. The van der Waals surface area contributed by atoms with Crippen LogP contribution in [0.2, 0.25) is 0 Å². The van der Waals surface area contributed by atoms with Gasteiger partial charge in [-0.15, -0.1) is 0 Å². The number of carbonyl (C=O) groups is 2. The van der Waals surface area contributed by atoms with E-state index in [4.69, 9.17) is 9.47 Å². The summed E-state index contributed by atoms with van der Waals surface area (Å²) in [6.45, 7) is 3.06. The first-order chi connectivity index (χ1) is 20.6. The largest absolute Gasteiger partial charge is 0.497 e. The number of anilines is 1. The van der Waals surface area contributed by atoms with Crippen LogP contribution in [0.5, 0.6) is 11.5 Å². The number of carbonyl (C=O) groups excluding carboxylic acids is 2. The number of nitrogens with one attached hydrogen (secondary N) is 1. The zero-order valence-corrected chi connectivity index (χ0v) is 26.1. The fourth-order valence-electron chi connectivity index (χ4n) is 5.35. The van der Waals surface area contributed by atoms with E-state index in [0.717, 1.165) is 47.5 Å². The number of aryl methyl sites for hydroxylation is 1. The SMILES string of the molecule is COc1cccc(CN(C(=O)CN(c2cc(C)ccc2OC)S(=O)(=O)c2ccccc2)[C@@H](C)C(=O)NC2CCCCC2)c1. The molecule has 1 N–H and O–H groups in total. The van der Waals surface area contributed by atoms with Crippen LogP contribution in [0.25, 0.3) is 0 Å². The van der Waals surface area contributed by atoms with E-state index in [0.29, 0.717) is 11.5 Å². The van der Waals surface area contributed by atoms with Crippen molar-refractivity contribution in [2.75, 3.05) is 25.1 Å². The van der Waals surface area contributed by atoms with E-state index in [9.17, 15) is 18.0 Å². The van der Waals surface area contributed by atoms with Crippen molar-refractivity contribution in [2.24, 2.45) is 0 Å². The monoisotopic (exact) mass is 607 g/mol. The highest BCUT2D eigenvalue weighted by Gasteiger charge is 2.34. The molecule has 0 bridgehead atoms. The van der Waals surface area contributed by atoms with Crippen LogP contribution in [0.1, 0.15) is 50.2 Å². The number of hydrogen-bond donors (Lipinski definition) is 1. The molecule has 1 aliphatic rings. The Balaban J connectivity index is 1.73. The van der Waals surface area contributed by atoms with Crippen molar-refractivity contribution in [3.05, 3.63) is 83.9 Å². The molecule has 0 saturated heterocycles.